The Hall–Kier alpha value is -2.08. The molecule has 3 heterocycles. The molecule has 0 unspecified atom stereocenters. The van der Waals surface area contributed by atoms with Crippen LogP contribution in [0.25, 0.3) is 21.9 Å². The Morgan fingerprint density at radius 3 is 2.35 bits per heavy atom. The fourth-order valence-electron chi connectivity index (χ4n) is 2.04. The van der Waals surface area contributed by atoms with Crippen LogP contribution in [0.4, 0.5) is 5.82 Å². The van der Waals surface area contributed by atoms with E-state index in [0.29, 0.717) is 11.6 Å². The van der Waals surface area contributed by atoms with Gasteiger partial charge in [-0.3, -0.25) is 0 Å². The van der Waals surface area contributed by atoms with E-state index in [0.717, 1.165) is 21.6 Å². The van der Waals surface area contributed by atoms with E-state index in [2.05, 4.69) is 39.1 Å². The zero-order chi connectivity index (χ0) is 14.3. The molecule has 6 heteroatoms. The highest BCUT2D eigenvalue weighted by molar-refractivity contribution is 7.18. The van der Waals surface area contributed by atoms with Crippen molar-refractivity contribution in [3.05, 3.63) is 28.4 Å². The largest absolute Gasteiger partial charge is 0.372 e. The van der Waals surface area contributed by atoms with E-state index in [9.17, 15) is 0 Å². The maximum absolute atomic E-state index is 4.61. The summed E-state index contributed by atoms with van der Waals surface area (Å²) in [5.41, 5.74) is 2.25. The van der Waals surface area contributed by atoms with Crippen LogP contribution in [0.2, 0.25) is 0 Å². The molecule has 0 saturated heterocycles. The van der Waals surface area contributed by atoms with Gasteiger partial charge in [0.1, 0.15) is 10.6 Å². The predicted molar refractivity (Wildman–Crippen MR) is 82.2 cm³/mol. The fourth-order valence-corrected chi connectivity index (χ4v) is 3.07. The predicted octanol–water partition coefficient (Wildman–Crippen LogP) is 3.12. The van der Waals surface area contributed by atoms with Gasteiger partial charge in [0.25, 0.3) is 0 Å². The molecule has 0 aliphatic heterocycles. The third-order valence-corrected chi connectivity index (χ3v) is 4.35. The molecule has 0 spiro atoms. The lowest BCUT2D eigenvalue weighted by molar-refractivity contribution is 1.08. The smallest absolute Gasteiger partial charge is 0.201 e. The van der Waals surface area contributed by atoms with Gasteiger partial charge in [-0.05, 0) is 31.9 Å². The normalized spacial score (nSPS) is 11.0. The van der Waals surface area contributed by atoms with Crippen LogP contribution in [0.5, 0.6) is 0 Å². The Morgan fingerprint density at radius 2 is 1.70 bits per heavy atom. The van der Waals surface area contributed by atoms with Crippen LogP contribution >= 0.6 is 11.3 Å². The molecule has 3 aromatic heterocycles. The summed E-state index contributed by atoms with van der Waals surface area (Å²) < 4.78 is 0. The van der Waals surface area contributed by atoms with Gasteiger partial charge in [-0.15, -0.1) is 11.3 Å². The first-order chi connectivity index (χ1) is 9.60. The summed E-state index contributed by atoms with van der Waals surface area (Å²) in [6, 6.07) is 0. The molecular formula is C14H15N5S. The van der Waals surface area contributed by atoms with Gasteiger partial charge >= 0.3 is 0 Å². The first-order valence-electron chi connectivity index (χ1n) is 6.34. The van der Waals surface area contributed by atoms with Crippen LogP contribution in [0, 0.1) is 20.8 Å². The molecule has 0 fully saturated rings. The van der Waals surface area contributed by atoms with Gasteiger partial charge in [-0.25, -0.2) is 19.9 Å². The van der Waals surface area contributed by atoms with Crippen molar-refractivity contribution in [2.24, 2.45) is 0 Å². The number of nitrogens with one attached hydrogen (secondary N) is 1. The van der Waals surface area contributed by atoms with Crippen molar-refractivity contribution in [3.63, 3.8) is 0 Å². The van der Waals surface area contributed by atoms with Gasteiger partial charge in [0.05, 0.1) is 5.39 Å². The second-order valence-corrected chi connectivity index (χ2v) is 5.90. The van der Waals surface area contributed by atoms with Gasteiger partial charge in [0.2, 0.25) is 5.82 Å². The Morgan fingerprint density at radius 1 is 1.00 bits per heavy atom. The number of hydrogen-bond acceptors (Lipinski definition) is 6. The van der Waals surface area contributed by atoms with E-state index in [1.165, 1.54) is 10.4 Å². The number of aromatic nitrogens is 4. The van der Waals surface area contributed by atoms with Crippen molar-refractivity contribution < 1.29 is 0 Å². The molecule has 3 aromatic rings. The number of thiophene rings is 1. The maximum Gasteiger partial charge on any atom is 0.201 e. The van der Waals surface area contributed by atoms with E-state index in [-0.39, 0.29) is 0 Å². The molecule has 0 radical (unpaired) electrons. The van der Waals surface area contributed by atoms with Crippen LogP contribution < -0.4 is 5.32 Å². The number of fused-ring (bicyclic) bond motifs is 1. The standard InChI is InChI=1S/C14H15N5S/c1-7-5-16-12(17-6-7)13-18-11(15-4)10-8(2)9(3)20-14(10)19-13/h5-6H,1-4H3,(H,15,18,19). The van der Waals surface area contributed by atoms with Crippen LogP contribution in [0.3, 0.4) is 0 Å². The highest BCUT2D eigenvalue weighted by atomic mass is 32.1. The second kappa shape index (κ2) is 4.79. The summed E-state index contributed by atoms with van der Waals surface area (Å²) >= 11 is 1.67. The minimum atomic E-state index is 0.553. The lowest BCUT2D eigenvalue weighted by Gasteiger charge is -2.05. The summed E-state index contributed by atoms with van der Waals surface area (Å²) in [6.07, 6.45) is 3.56. The highest BCUT2D eigenvalue weighted by Gasteiger charge is 2.15. The third kappa shape index (κ3) is 2.02. The Bertz CT molecular complexity index is 776. The molecule has 3 rings (SSSR count). The molecule has 0 atom stereocenters. The zero-order valence-corrected chi connectivity index (χ0v) is 12.7. The van der Waals surface area contributed by atoms with E-state index >= 15 is 0 Å². The van der Waals surface area contributed by atoms with Gasteiger partial charge in [0, 0.05) is 24.3 Å². The molecule has 0 bridgehead atoms. The number of anilines is 1. The first kappa shape index (κ1) is 12.9. The Balaban J connectivity index is 2.25. The maximum atomic E-state index is 4.61. The van der Waals surface area contributed by atoms with Crippen molar-refractivity contribution in [1.29, 1.82) is 0 Å². The molecule has 1 N–H and O–H groups in total. The minimum absolute atomic E-state index is 0.553. The van der Waals surface area contributed by atoms with Gasteiger partial charge < -0.3 is 5.32 Å². The summed E-state index contributed by atoms with van der Waals surface area (Å²) in [5.74, 6) is 1.94. The van der Waals surface area contributed by atoms with Crippen molar-refractivity contribution in [2.45, 2.75) is 20.8 Å². The molecule has 0 aromatic carbocycles. The zero-order valence-electron chi connectivity index (χ0n) is 11.9. The molecule has 0 amide bonds. The van der Waals surface area contributed by atoms with E-state index in [1.807, 2.05) is 14.0 Å². The number of aryl methyl sites for hydroxylation is 3. The quantitative estimate of drug-likeness (QED) is 0.783. The van der Waals surface area contributed by atoms with Gasteiger partial charge in [-0.1, -0.05) is 0 Å². The van der Waals surface area contributed by atoms with E-state index in [1.54, 1.807) is 23.7 Å². The van der Waals surface area contributed by atoms with Crippen molar-refractivity contribution in [1.82, 2.24) is 19.9 Å². The van der Waals surface area contributed by atoms with Gasteiger partial charge in [0.15, 0.2) is 5.82 Å². The molecule has 5 nitrogen and oxygen atoms in total. The molecule has 0 saturated carbocycles. The summed E-state index contributed by atoms with van der Waals surface area (Å²) in [6.45, 7) is 6.16. The topological polar surface area (TPSA) is 63.6 Å². The number of hydrogen-bond donors (Lipinski definition) is 1. The highest BCUT2D eigenvalue weighted by Crippen LogP contribution is 2.34. The Labute approximate surface area is 121 Å². The lowest BCUT2D eigenvalue weighted by Crippen LogP contribution is -2.00. The van der Waals surface area contributed by atoms with Crippen LogP contribution in [-0.2, 0) is 0 Å². The van der Waals surface area contributed by atoms with Gasteiger partial charge in [-0.2, -0.15) is 0 Å². The summed E-state index contributed by atoms with van der Waals surface area (Å²) in [7, 11) is 1.87. The third-order valence-electron chi connectivity index (χ3n) is 3.25. The summed E-state index contributed by atoms with van der Waals surface area (Å²) in [4.78, 5) is 20.0. The molecule has 0 aliphatic carbocycles. The van der Waals surface area contributed by atoms with E-state index in [4.69, 9.17) is 0 Å². The molecular weight excluding hydrogens is 270 g/mol. The average molecular weight is 285 g/mol. The minimum Gasteiger partial charge on any atom is -0.372 e. The Kier molecular flexibility index (Phi) is 3.10. The average Bonchev–Trinajstić information content (AvgIpc) is 2.74. The fraction of sp³-hybridized carbons (Fsp3) is 0.286. The first-order valence-corrected chi connectivity index (χ1v) is 7.16. The molecule has 0 aliphatic rings. The number of nitrogens with zero attached hydrogens (tertiary/aromatic N) is 4. The SMILES string of the molecule is CNc1nc(-c2ncc(C)cn2)nc2sc(C)c(C)c12. The van der Waals surface area contributed by atoms with Crippen molar-refractivity contribution >= 4 is 27.4 Å². The molecule has 20 heavy (non-hydrogen) atoms. The van der Waals surface area contributed by atoms with Crippen LogP contribution in [0.15, 0.2) is 12.4 Å². The number of rotatable bonds is 2. The van der Waals surface area contributed by atoms with Crippen LogP contribution in [0.1, 0.15) is 16.0 Å². The second-order valence-electron chi connectivity index (χ2n) is 4.69. The van der Waals surface area contributed by atoms with Crippen molar-refractivity contribution in [3.8, 4) is 11.6 Å². The molecule has 102 valence electrons. The monoisotopic (exact) mass is 285 g/mol. The summed E-state index contributed by atoms with van der Waals surface area (Å²) in [5, 5.41) is 4.23. The van der Waals surface area contributed by atoms with Crippen LogP contribution in [-0.4, -0.2) is 27.0 Å². The van der Waals surface area contributed by atoms with E-state index < -0.39 is 0 Å². The van der Waals surface area contributed by atoms with Crippen molar-refractivity contribution in [2.75, 3.05) is 12.4 Å². The lowest BCUT2D eigenvalue weighted by atomic mass is 10.2.